The van der Waals surface area contributed by atoms with E-state index < -0.39 is 0 Å². The third-order valence-corrected chi connectivity index (χ3v) is 4.64. The van der Waals surface area contributed by atoms with Crippen molar-refractivity contribution in [3.05, 3.63) is 109 Å². The van der Waals surface area contributed by atoms with Crippen LogP contribution in [-0.4, -0.2) is 6.03 Å². The van der Waals surface area contributed by atoms with Gasteiger partial charge in [-0.1, -0.05) is 48.5 Å². The van der Waals surface area contributed by atoms with Crippen LogP contribution in [0.2, 0.25) is 0 Å². The molecule has 4 aromatic rings. The molecule has 4 rings (SSSR count). The molecule has 4 aromatic carbocycles. The molecule has 30 heavy (non-hydrogen) atoms. The number of hydrogen-bond donors (Lipinski definition) is 2. The summed E-state index contributed by atoms with van der Waals surface area (Å²) >= 11 is 0. The Hall–Kier alpha value is -3.99. The highest BCUT2D eigenvalue weighted by Gasteiger charge is 2.05. The van der Waals surface area contributed by atoms with E-state index in [2.05, 4.69) is 10.6 Å². The molecule has 0 bridgehead atoms. The van der Waals surface area contributed by atoms with Crippen LogP contribution in [0.15, 0.2) is 97.1 Å². The molecule has 0 aliphatic heterocycles. The van der Waals surface area contributed by atoms with Gasteiger partial charge >= 0.3 is 6.03 Å². The zero-order chi connectivity index (χ0) is 20.9. The first-order chi connectivity index (χ1) is 14.6. The third kappa shape index (κ3) is 4.70. The van der Waals surface area contributed by atoms with Crippen molar-refractivity contribution in [3.8, 4) is 22.3 Å². The fourth-order valence-electron chi connectivity index (χ4n) is 3.07. The number of urea groups is 1. The van der Waals surface area contributed by atoms with Crippen molar-refractivity contribution in [1.82, 2.24) is 0 Å². The van der Waals surface area contributed by atoms with Gasteiger partial charge in [0.25, 0.3) is 0 Å². The summed E-state index contributed by atoms with van der Waals surface area (Å²) in [5.41, 5.74) is 4.93. The molecule has 0 saturated heterocycles. The molecular weight excluding hydrogens is 382 g/mol. The standard InChI is InChI=1S/C25H18F2N2O/c26-21-9-1-17(2-10-21)19-5-13-23(14-6-19)28-25(30)29-24-15-7-20(8-16-24)18-3-11-22(27)12-4-18/h1-16H,(H2,28,29,30). The molecule has 2 amide bonds. The van der Waals surface area contributed by atoms with Crippen LogP contribution in [0.3, 0.4) is 0 Å². The van der Waals surface area contributed by atoms with Gasteiger partial charge in [0, 0.05) is 11.4 Å². The zero-order valence-corrected chi connectivity index (χ0v) is 15.9. The summed E-state index contributed by atoms with van der Waals surface area (Å²) in [6, 6.07) is 26.7. The minimum absolute atomic E-state index is 0.278. The molecule has 5 heteroatoms. The van der Waals surface area contributed by atoms with Gasteiger partial charge in [-0.25, -0.2) is 13.6 Å². The van der Waals surface area contributed by atoms with Crippen LogP contribution in [0.4, 0.5) is 25.0 Å². The van der Waals surface area contributed by atoms with Crippen molar-refractivity contribution in [2.24, 2.45) is 0 Å². The maximum atomic E-state index is 13.0. The lowest BCUT2D eigenvalue weighted by molar-refractivity contribution is 0.262. The van der Waals surface area contributed by atoms with E-state index in [9.17, 15) is 13.6 Å². The van der Waals surface area contributed by atoms with Gasteiger partial charge in [-0.3, -0.25) is 0 Å². The Bertz CT molecular complexity index is 1040. The summed E-state index contributed by atoms with van der Waals surface area (Å²) in [6.07, 6.45) is 0. The van der Waals surface area contributed by atoms with Crippen molar-refractivity contribution in [2.45, 2.75) is 0 Å². The summed E-state index contributed by atoms with van der Waals surface area (Å²) in [6.45, 7) is 0. The highest BCUT2D eigenvalue weighted by molar-refractivity contribution is 6.00. The van der Waals surface area contributed by atoms with E-state index in [0.29, 0.717) is 11.4 Å². The molecule has 0 aliphatic rings. The van der Waals surface area contributed by atoms with E-state index in [4.69, 9.17) is 0 Å². The molecule has 0 heterocycles. The van der Waals surface area contributed by atoms with Gasteiger partial charge in [-0.15, -0.1) is 0 Å². The molecular formula is C25H18F2N2O. The lowest BCUT2D eigenvalue weighted by atomic mass is 10.1. The molecule has 0 atom stereocenters. The molecule has 148 valence electrons. The third-order valence-electron chi connectivity index (χ3n) is 4.64. The number of nitrogens with one attached hydrogen (secondary N) is 2. The maximum absolute atomic E-state index is 13.0. The number of rotatable bonds is 4. The Morgan fingerprint density at radius 3 is 1.03 bits per heavy atom. The smallest absolute Gasteiger partial charge is 0.308 e. The van der Waals surface area contributed by atoms with Crippen molar-refractivity contribution in [1.29, 1.82) is 0 Å². The average Bonchev–Trinajstić information content (AvgIpc) is 2.76. The molecule has 0 spiro atoms. The number of halogens is 2. The summed E-state index contributed by atoms with van der Waals surface area (Å²) in [4.78, 5) is 12.3. The van der Waals surface area contributed by atoms with Crippen LogP contribution < -0.4 is 10.6 Å². The van der Waals surface area contributed by atoms with Gasteiger partial charge in [0.15, 0.2) is 0 Å². The Balaban J connectivity index is 1.37. The van der Waals surface area contributed by atoms with E-state index in [1.54, 1.807) is 48.5 Å². The first-order valence-electron chi connectivity index (χ1n) is 9.37. The molecule has 2 N–H and O–H groups in total. The quantitative estimate of drug-likeness (QED) is 0.383. The first-order valence-corrected chi connectivity index (χ1v) is 9.37. The highest BCUT2D eigenvalue weighted by Crippen LogP contribution is 2.23. The van der Waals surface area contributed by atoms with E-state index >= 15 is 0 Å². The monoisotopic (exact) mass is 400 g/mol. The minimum Gasteiger partial charge on any atom is -0.308 e. The van der Waals surface area contributed by atoms with Crippen molar-refractivity contribution in [2.75, 3.05) is 10.6 Å². The summed E-state index contributed by atoms with van der Waals surface area (Å²) in [5.74, 6) is -0.557. The van der Waals surface area contributed by atoms with Crippen LogP contribution in [0.25, 0.3) is 22.3 Å². The Labute approximate surface area is 173 Å². The van der Waals surface area contributed by atoms with Crippen molar-refractivity contribution in [3.63, 3.8) is 0 Å². The van der Waals surface area contributed by atoms with E-state index in [0.717, 1.165) is 22.3 Å². The van der Waals surface area contributed by atoms with Gasteiger partial charge in [0.1, 0.15) is 11.6 Å². The van der Waals surface area contributed by atoms with Crippen LogP contribution >= 0.6 is 0 Å². The van der Waals surface area contributed by atoms with Crippen LogP contribution in [0.1, 0.15) is 0 Å². The van der Waals surface area contributed by atoms with Crippen LogP contribution in [0.5, 0.6) is 0 Å². The fraction of sp³-hybridized carbons (Fsp3) is 0. The van der Waals surface area contributed by atoms with Gasteiger partial charge in [-0.05, 0) is 70.8 Å². The minimum atomic E-state index is -0.362. The Morgan fingerprint density at radius 2 is 0.733 bits per heavy atom. The number of hydrogen-bond acceptors (Lipinski definition) is 1. The maximum Gasteiger partial charge on any atom is 0.323 e. The molecule has 0 saturated carbocycles. The Morgan fingerprint density at radius 1 is 0.467 bits per heavy atom. The molecule has 0 unspecified atom stereocenters. The number of carbonyl (C=O) groups excluding carboxylic acids is 1. The normalized spacial score (nSPS) is 10.5. The number of amides is 2. The van der Waals surface area contributed by atoms with Gasteiger partial charge in [-0.2, -0.15) is 0 Å². The lowest BCUT2D eigenvalue weighted by Crippen LogP contribution is -2.19. The second-order valence-corrected chi connectivity index (χ2v) is 6.75. The topological polar surface area (TPSA) is 41.1 Å². The predicted molar refractivity (Wildman–Crippen MR) is 116 cm³/mol. The van der Waals surface area contributed by atoms with Crippen LogP contribution in [-0.2, 0) is 0 Å². The fourth-order valence-corrected chi connectivity index (χ4v) is 3.07. The largest absolute Gasteiger partial charge is 0.323 e. The summed E-state index contributed by atoms with van der Waals surface area (Å²) in [5, 5.41) is 5.56. The predicted octanol–water partition coefficient (Wildman–Crippen LogP) is 6.94. The molecule has 0 radical (unpaired) electrons. The highest BCUT2D eigenvalue weighted by atomic mass is 19.1. The first kappa shape index (κ1) is 19.3. The van der Waals surface area contributed by atoms with Crippen LogP contribution in [0, 0.1) is 11.6 Å². The molecule has 0 aromatic heterocycles. The van der Waals surface area contributed by atoms with Crippen molar-refractivity contribution >= 4 is 17.4 Å². The number of benzene rings is 4. The molecule has 3 nitrogen and oxygen atoms in total. The molecule has 0 aliphatic carbocycles. The SMILES string of the molecule is O=C(Nc1ccc(-c2ccc(F)cc2)cc1)Nc1ccc(-c2ccc(F)cc2)cc1. The van der Waals surface area contributed by atoms with E-state index in [1.807, 2.05) is 24.3 Å². The summed E-state index contributed by atoms with van der Waals surface area (Å²) < 4.78 is 26.1. The van der Waals surface area contributed by atoms with Gasteiger partial charge < -0.3 is 10.6 Å². The van der Waals surface area contributed by atoms with Gasteiger partial charge in [0.05, 0.1) is 0 Å². The lowest BCUT2D eigenvalue weighted by Gasteiger charge is -2.09. The average molecular weight is 400 g/mol. The van der Waals surface area contributed by atoms with E-state index in [-0.39, 0.29) is 17.7 Å². The second-order valence-electron chi connectivity index (χ2n) is 6.75. The number of carbonyl (C=O) groups is 1. The Kier molecular flexibility index (Phi) is 5.52. The number of anilines is 2. The second kappa shape index (κ2) is 8.57. The summed E-state index contributed by atoms with van der Waals surface area (Å²) in [7, 11) is 0. The van der Waals surface area contributed by atoms with Crippen molar-refractivity contribution < 1.29 is 13.6 Å². The zero-order valence-electron chi connectivity index (χ0n) is 15.9. The van der Waals surface area contributed by atoms with E-state index in [1.165, 1.54) is 24.3 Å². The molecule has 0 fully saturated rings. The van der Waals surface area contributed by atoms with Gasteiger partial charge in [0.2, 0.25) is 0 Å².